The Balaban J connectivity index is 2.86. The molecular formula is C9H9N5O2. The van der Waals surface area contributed by atoms with Crippen LogP contribution in [0.5, 0.6) is 0 Å². The number of aromatic nitrogens is 3. The monoisotopic (exact) mass is 219 g/mol. The van der Waals surface area contributed by atoms with Gasteiger partial charge < -0.3 is 15.4 Å². The number of nitrogen functional groups attached to an aromatic ring is 1. The number of fused-ring (bicyclic) bond motifs is 1. The lowest BCUT2D eigenvalue weighted by Crippen LogP contribution is -2.12. The van der Waals surface area contributed by atoms with Crippen LogP contribution in [0.15, 0.2) is 11.0 Å². The molecule has 0 saturated carbocycles. The van der Waals surface area contributed by atoms with Gasteiger partial charge in [-0.3, -0.25) is 9.78 Å². The average molecular weight is 219 g/mol. The van der Waals surface area contributed by atoms with E-state index in [1.807, 2.05) is 6.07 Å². The number of hydrogen-bond donors (Lipinski definition) is 3. The van der Waals surface area contributed by atoms with Crippen molar-refractivity contribution in [2.24, 2.45) is 0 Å². The summed E-state index contributed by atoms with van der Waals surface area (Å²) in [6, 6.07) is 1.91. The van der Waals surface area contributed by atoms with Gasteiger partial charge in [-0.25, -0.2) is 0 Å². The van der Waals surface area contributed by atoms with Gasteiger partial charge in [0.05, 0.1) is 12.2 Å². The van der Waals surface area contributed by atoms with Gasteiger partial charge in [0.1, 0.15) is 11.5 Å². The van der Waals surface area contributed by atoms with Crippen molar-refractivity contribution in [3.8, 4) is 6.07 Å². The van der Waals surface area contributed by atoms with E-state index >= 15 is 0 Å². The number of rotatable bonds is 2. The van der Waals surface area contributed by atoms with E-state index in [4.69, 9.17) is 16.1 Å². The van der Waals surface area contributed by atoms with E-state index in [2.05, 4.69) is 9.97 Å². The van der Waals surface area contributed by atoms with Crippen molar-refractivity contribution in [3.05, 3.63) is 22.1 Å². The Bertz CT molecular complexity index is 634. The minimum absolute atomic E-state index is 0.0146. The molecule has 82 valence electrons. The van der Waals surface area contributed by atoms with Crippen LogP contribution in [-0.2, 0) is 6.54 Å². The van der Waals surface area contributed by atoms with Crippen molar-refractivity contribution in [2.45, 2.75) is 6.54 Å². The van der Waals surface area contributed by atoms with E-state index < -0.39 is 5.56 Å². The lowest BCUT2D eigenvalue weighted by atomic mass is 10.3. The minimum atomic E-state index is -0.448. The highest BCUT2D eigenvalue weighted by atomic mass is 16.3. The first-order valence-corrected chi connectivity index (χ1v) is 4.57. The molecule has 2 heterocycles. The van der Waals surface area contributed by atoms with Crippen LogP contribution in [0.25, 0.3) is 11.0 Å². The smallest absolute Gasteiger partial charge is 0.263 e. The second-order valence-corrected chi connectivity index (χ2v) is 3.22. The van der Waals surface area contributed by atoms with E-state index in [1.165, 1.54) is 10.8 Å². The zero-order valence-electron chi connectivity index (χ0n) is 8.27. The molecule has 4 N–H and O–H groups in total. The minimum Gasteiger partial charge on any atom is -0.395 e. The quantitative estimate of drug-likeness (QED) is 0.608. The van der Waals surface area contributed by atoms with Gasteiger partial charge in [0.2, 0.25) is 5.95 Å². The molecule has 7 nitrogen and oxygen atoms in total. The summed E-state index contributed by atoms with van der Waals surface area (Å²) in [6.07, 6.45) is 1.47. The molecule has 2 rings (SSSR count). The predicted molar refractivity (Wildman–Crippen MR) is 56.6 cm³/mol. The maximum atomic E-state index is 11.6. The number of anilines is 1. The fraction of sp³-hybridized carbons (Fsp3) is 0.222. The van der Waals surface area contributed by atoms with E-state index in [-0.39, 0.29) is 30.0 Å². The zero-order valence-corrected chi connectivity index (χ0v) is 8.27. The van der Waals surface area contributed by atoms with Crippen LogP contribution in [0.4, 0.5) is 5.95 Å². The largest absolute Gasteiger partial charge is 0.395 e. The third-order valence-electron chi connectivity index (χ3n) is 2.21. The number of nitriles is 1. The third kappa shape index (κ3) is 1.41. The van der Waals surface area contributed by atoms with Crippen LogP contribution in [0.1, 0.15) is 5.56 Å². The molecule has 0 amide bonds. The molecule has 0 aliphatic rings. The highest BCUT2D eigenvalue weighted by Crippen LogP contribution is 2.15. The molecular weight excluding hydrogens is 210 g/mol. The van der Waals surface area contributed by atoms with Gasteiger partial charge in [0.15, 0.2) is 5.65 Å². The first kappa shape index (κ1) is 10.2. The summed E-state index contributed by atoms with van der Waals surface area (Å²) in [4.78, 5) is 17.9. The fourth-order valence-corrected chi connectivity index (χ4v) is 1.57. The molecule has 0 saturated heterocycles. The summed E-state index contributed by atoms with van der Waals surface area (Å²) >= 11 is 0. The first-order chi connectivity index (χ1) is 7.67. The number of aliphatic hydroxyl groups is 1. The lowest BCUT2D eigenvalue weighted by molar-refractivity contribution is 0.278. The Morgan fingerprint density at radius 3 is 3.06 bits per heavy atom. The SMILES string of the molecule is N#Cc1cn(CCO)c2nc(N)[nH]c(=O)c12. The van der Waals surface area contributed by atoms with Crippen LogP contribution in [0, 0.1) is 11.3 Å². The number of nitrogens with zero attached hydrogens (tertiary/aromatic N) is 3. The van der Waals surface area contributed by atoms with E-state index in [9.17, 15) is 4.79 Å². The standard InChI is InChI=1S/C9H9N5O2/c10-3-5-4-14(1-2-15)7-6(5)8(16)13-9(11)12-7/h4,15H,1-2H2,(H3,11,12,13,16). The molecule has 0 spiro atoms. The van der Waals surface area contributed by atoms with Crippen LogP contribution in [0.2, 0.25) is 0 Å². The Labute approximate surface area is 89.8 Å². The Morgan fingerprint density at radius 1 is 1.69 bits per heavy atom. The number of nitrogens with two attached hydrogens (primary N) is 1. The van der Waals surface area contributed by atoms with Crippen molar-refractivity contribution in [1.82, 2.24) is 14.5 Å². The lowest BCUT2D eigenvalue weighted by Gasteiger charge is -2.00. The number of H-pyrrole nitrogens is 1. The highest BCUT2D eigenvalue weighted by Gasteiger charge is 2.13. The molecule has 0 unspecified atom stereocenters. The van der Waals surface area contributed by atoms with Crippen molar-refractivity contribution in [2.75, 3.05) is 12.3 Å². The molecule has 0 radical (unpaired) electrons. The molecule has 0 fully saturated rings. The molecule has 2 aromatic rings. The second kappa shape index (κ2) is 3.67. The summed E-state index contributed by atoms with van der Waals surface area (Å²) in [5, 5.41) is 17.9. The van der Waals surface area contributed by atoms with Gasteiger partial charge in [-0.1, -0.05) is 0 Å². The third-order valence-corrected chi connectivity index (χ3v) is 2.21. The molecule has 0 bridgehead atoms. The average Bonchev–Trinajstić information content (AvgIpc) is 2.57. The van der Waals surface area contributed by atoms with Crippen LogP contribution in [0.3, 0.4) is 0 Å². The molecule has 0 aliphatic heterocycles. The number of nitrogens with one attached hydrogen (secondary N) is 1. The molecule has 16 heavy (non-hydrogen) atoms. The van der Waals surface area contributed by atoms with Gasteiger partial charge in [0, 0.05) is 12.7 Å². The second-order valence-electron chi connectivity index (χ2n) is 3.22. The topological polar surface area (TPSA) is 121 Å². The summed E-state index contributed by atoms with van der Waals surface area (Å²) in [6.45, 7) is 0.150. The van der Waals surface area contributed by atoms with Crippen molar-refractivity contribution < 1.29 is 5.11 Å². The Hall–Kier alpha value is -2.33. The van der Waals surface area contributed by atoms with Gasteiger partial charge in [-0.15, -0.1) is 0 Å². The van der Waals surface area contributed by atoms with Crippen molar-refractivity contribution in [1.29, 1.82) is 5.26 Å². The normalized spacial score (nSPS) is 10.5. The fourth-order valence-electron chi connectivity index (χ4n) is 1.57. The number of aromatic amines is 1. The Morgan fingerprint density at radius 2 is 2.44 bits per heavy atom. The van der Waals surface area contributed by atoms with Gasteiger partial charge in [0.25, 0.3) is 5.56 Å². The molecule has 0 aromatic carbocycles. The van der Waals surface area contributed by atoms with Gasteiger partial charge in [-0.2, -0.15) is 10.2 Å². The summed E-state index contributed by atoms with van der Waals surface area (Å²) in [5.74, 6) is -0.0146. The first-order valence-electron chi connectivity index (χ1n) is 4.57. The van der Waals surface area contributed by atoms with Crippen LogP contribution < -0.4 is 11.3 Å². The molecule has 7 heteroatoms. The van der Waals surface area contributed by atoms with Gasteiger partial charge in [-0.05, 0) is 0 Å². The number of hydrogen-bond acceptors (Lipinski definition) is 5. The van der Waals surface area contributed by atoms with E-state index in [0.717, 1.165) is 0 Å². The van der Waals surface area contributed by atoms with Crippen LogP contribution in [-0.4, -0.2) is 26.2 Å². The number of aliphatic hydroxyl groups excluding tert-OH is 1. The van der Waals surface area contributed by atoms with E-state index in [1.54, 1.807) is 0 Å². The summed E-state index contributed by atoms with van der Waals surface area (Å²) in [7, 11) is 0. The van der Waals surface area contributed by atoms with E-state index in [0.29, 0.717) is 5.65 Å². The molecule has 2 aromatic heterocycles. The maximum absolute atomic E-state index is 11.6. The highest BCUT2D eigenvalue weighted by molar-refractivity contribution is 5.83. The van der Waals surface area contributed by atoms with Crippen molar-refractivity contribution >= 4 is 17.0 Å². The molecule has 0 atom stereocenters. The predicted octanol–water partition coefficient (Wildman–Crippen LogP) is -0.829. The summed E-state index contributed by atoms with van der Waals surface area (Å²) < 4.78 is 1.53. The maximum Gasteiger partial charge on any atom is 0.263 e. The summed E-state index contributed by atoms with van der Waals surface area (Å²) in [5.41, 5.74) is 5.50. The molecule has 0 aliphatic carbocycles. The van der Waals surface area contributed by atoms with Gasteiger partial charge >= 0.3 is 0 Å². The zero-order chi connectivity index (χ0) is 11.7. The van der Waals surface area contributed by atoms with Crippen molar-refractivity contribution in [3.63, 3.8) is 0 Å². The van der Waals surface area contributed by atoms with Crippen LogP contribution >= 0.6 is 0 Å². The Kier molecular flexibility index (Phi) is 2.34.